The van der Waals surface area contributed by atoms with Crippen LogP contribution in [-0.2, 0) is 4.79 Å². The quantitative estimate of drug-likeness (QED) is 0.133. The van der Waals surface area contributed by atoms with Crippen molar-refractivity contribution in [3.8, 4) is 16.9 Å². The number of hydrogen-bond acceptors (Lipinski definition) is 2. The average molecular weight is 491 g/mol. The highest BCUT2D eigenvalue weighted by Crippen LogP contribution is 2.38. The molecule has 0 aromatic heterocycles. The van der Waals surface area contributed by atoms with Crippen LogP contribution in [0.1, 0.15) is 134 Å². The van der Waals surface area contributed by atoms with Crippen LogP contribution in [0.25, 0.3) is 11.1 Å². The molecule has 198 valence electrons. The van der Waals surface area contributed by atoms with Gasteiger partial charge in [0.1, 0.15) is 5.75 Å². The molecule has 1 fully saturated rings. The molecule has 0 spiro atoms. The van der Waals surface area contributed by atoms with Crippen molar-refractivity contribution < 1.29 is 9.53 Å². The van der Waals surface area contributed by atoms with E-state index in [1.54, 1.807) is 0 Å². The molecule has 1 aliphatic carbocycles. The summed E-state index contributed by atoms with van der Waals surface area (Å²) >= 11 is 0. The minimum Gasteiger partial charge on any atom is -0.427 e. The molecule has 0 heterocycles. The highest BCUT2D eigenvalue weighted by atomic mass is 16.5. The minimum absolute atomic E-state index is 0.131. The zero-order valence-corrected chi connectivity index (χ0v) is 23.1. The standard InChI is InChI=1S/C34H50O2/c1-3-5-7-8-9-10-11-13-14-28-16-18-29(19-17-28)30-20-22-31(23-21-30)32-24-26-33(27-25-32)36-34(35)15-12-6-4-2/h20-29H,3-19H2,1-2H3. The molecular weight excluding hydrogens is 440 g/mol. The van der Waals surface area contributed by atoms with Crippen molar-refractivity contribution in [2.24, 2.45) is 5.92 Å². The van der Waals surface area contributed by atoms with Gasteiger partial charge in [0.05, 0.1) is 0 Å². The molecule has 2 heteroatoms. The second-order valence-corrected chi connectivity index (χ2v) is 11.1. The predicted molar refractivity (Wildman–Crippen MR) is 154 cm³/mol. The Morgan fingerprint density at radius 2 is 1.19 bits per heavy atom. The van der Waals surface area contributed by atoms with Crippen LogP contribution in [0.15, 0.2) is 48.5 Å². The Hall–Kier alpha value is -2.09. The van der Waals surface area contributed by atoms with Crippen molar-refractivity contribution in [2.75, 3.05) is 0 Å². The second kappa shape index (κ2) is 16.6. The van der Waals surface area contributed by atoms with E-state index < -0.39 is 0 Å². The lowest BCUT2D eigenvalue weighted by Gasteiger charge is -2.29. The lowest BCUT2D eigenvalue weighted by atomic mass is 9.77. The summed E-state index contributed by atoms with van der Waals surface area (Å²) in [6.45, 7) is 4.43. The van der Waals surface area contributed by atoms with Gasteiger partial charge in [-0.2, -0.15) is 0 Å². The largest absolute Gasteiger partial charge is 0.427 e. The Kier molecular flexibility index (Phi) is 13.1. The van der Waals surface area contributed by atoms with Gasteiger partial charge in [0, 0.05) is 6.42 Å². The minimum atomic E-state index is -0.131. The van der Waals surface area contributed by atoms with Gasteiger partial charge < -0.3 is 4.74 Å². The van der Waals surface area contributed by atoms with Crippen LogP contribution in [0.4, 0.5) is 0 Å². The Morgan fingerprint density at radius 3 is 1.81 bits per heavy atom. The van der Waals surface area contributed by atoms with Crippen molar-refractivity contribution in [3.05, 3.63) is 54.1 Å². The zero-order valence-electron chi connectivity index (χ0n) is 23.1. The molecule has 0 radical (unpaired) electrons. The molecule has 1 saturated carbocycles. The molecule has 36 heavy (non-hydrogen) atoms. The van der Waals surface area contributed by atoms with E-state index in [4.69, 9.17) is 4.74 Å². The number of benzene rings is 2. The molecule has 0 amide bonds. The number of ether oxygens (including phenoxy) is 1. The Balaban J connectivity index is 1.36. The van der Waals surface area contributed by atoms with Crippen LogP contribution in [0, 0.1) is 5.92 Å². The summed E-state index contributed by atoms with van der Waals surface area (Å²) in [7, 11) is 0. The van der Waals surface area contributed by atoms with Gasteiger partial charge in [-0.1, -0.05) is 121 Å². The van der Waals surface area contributed by atoms with Gasteiger partial charge in [0.2, 0.25) is 0 Å². The maximum Gasteiger partial charge on any atom is 0.311 e. The Bertz CT molecular complexity index is 844. The maximum atomic E-state index is 11.9. The zero-order chi connectivity index (χ0) is 25.4. The van der Waals surface area contributed by atoms with Gasteiger partial charge in [-0.05, 0) is 72.8 Å². The van der Waals surface area contributed by atoms with Crippen LogP contribution in [0.2, 0.25) is 0 Å². The van der Waals surface area contributed by atoms with Crippen molar-refractivity contribution >= 4 is 5.97 Å². The molecular formula is C34H50O2. The average Bonchev–Trinajstić information content (AvgIpc) is 2.91. The van der Waals surface area contributed by atoms with E-state index in [0.29, 0.717) is 12.2 Å². The Morgan fingerprint density at radius 1 is 0.667 bits per heavy atom. The van der Waals surface area contributed by atoms with Gasteiger partial charge in [-0.15, -0.1) is 0 Å². The van der Waals surface area contributed by atoms with E-state index in [9.17, 15) is 4.79 Å². The number of carbonyl (C=O) groups is 1. The fraction of sp³-hybridized carbons (Fsp3) is 0.618. The highest BCUT2D eigenvalue weighted by Gasteiger charge is 2.22. The van der Waals surface area contributed by atoms with E-state index in [1.807, 2.05) is 12.1 Å². The summed E-state index contributed by atoms with van der Waals surface area (Å²) in [6.07, 6.45) is 21.9. The third-order valence-corrected chi connectivity index (χ3v) is 8.10. The van der Waals surface area contributed by atoms with E-state index in [-0.39, 0.29) is 5.97 Å². The molecule has 2 nitrogen and oxygen atoms in total. The molecule has 2 aromatic rings. The normalized spacial score (nSPS) is 17.7. The van der Waals surface area contributed by atoms with Crippen molar-refractivity contribution in [1.82, 2.24) is 0 Å². The summed E-state index contributed by atoms with van der Waals surface area (Å²) in [6, 6.07) is 17.1. The van der Waals surface area contributed by atoms with Crippen molar-refractivity contribution in [3.63, 3.8) is 0 Å². The molecule has 0 bridgehead atoms. The van der Waals surface area contributed by atoms with Gasteiger partial charge >= 0.3 is 5.97 Å². The second-order valence-electron chi connectivity index (χ2n) is 11.1. The lowest BCUT2D eigenvalue weighted by Crippen LogP contribution is -2.13. The molecule has 2 aromatic carbocycles. The smallest absolute Gasteiger partial charge is 0.311 e. The van der Waals surface area contributed by atoms with Gasteiger partial charge in [0.25, 0.3) is 0 Å². The summed E-state index contributed by atoms with van der Waals surface area (Å²) in [5, 5.41) is 0. The number of unbranched alkanes of at least 4 members (excludes halogenated alkanes) is 9. The van der Waals surface area contributed by atoms with Crippen LogP contribution >= 0.6 is 0 Å². The van der Waals surface area contributed by atoms with Crippen molar-refractivity contribution in [2.45, 2.75) is 129 Å². The fourth-order valence-corrected chi connectivity index (χ4v) is 5.72. The Labute approximate surface area is 221 Å². The van der Waals surface area contributed by atoms with Crippen LogP contribution in [-0.4, -0.2) is 5.97 Å². The van der Waals surface area contributed by atoms with E-state index in [0.717, 1.165) is 31.1 Å². The fourth-order valence-electron chi connectivity index (χ4n) is 5.72. The molecule has 0 unspecified atom stereocenters. The monoisotopic (exact) mass is 490 g/mol. The van der Waals surface area contributed by atoms with E-state index in [2.05, 4.69) is 50.2 Å². The topological polar surface area (TPSA) is 26.3 Å². The summed E-state index contributed by atoms with van der Waals surface area (Å²) in [5.74, 6) is 2.19. The molecule has 0 saturated heterocycles. The first-order valence-corrected chi connectivity index (χ1v) is 15.1. The summed E-state index contributed by atoms with van der Waals surface area (Å²) < 4.78 is 5.47. The van der Waals surface area contributed by atoms with Gasteiger partial charge in [0.15, 0.2) is 0 Å². The summed E-state index contributed by atoms with van der Waals surface area (Å²) in [5.41, 5.74) is 3.89. The molecule has 0 aliphatic heterocycles. The number of carbonyl (C=O) groups excluding carboxylic acids is 1. The SMILES string of the molecule is CCCCCCCCCCC1CCC(c2ccc(-c3ccc(OC(=O)CCCCC)cc3)cc2)CC1. The van der Waals surface area contributed by atoms with Crippen LogP contribution in [0.5, 0.6) is 5.75 Å². The molecule has 0 atom stereocenters. The molecule has 0 N–H and O–H groups in total. The molecule has 1 aliphatic rings. The summed E-state index contributed by atoms with van der Waals surface area (Å²) in [4.78, 5) is 11.9. The van der Waals surface area contributed by atoms with Gasteiger partial charge in [-0.25, -0.2) is 0 Å². The van der Waals surface area contributed by atoms with E-state index in [1.165, 1.54) is 100 Å². The predicted octanol–water partition coefficient (Wildman–Crippen LogP) is 10.6. The first-order valence-electron chi connectivity index (χ1n) is 15.1. The molecule has 3 rings (SSSR count). The van der Waals surface area contributed by atoms with Crippen LogP contribution < -0.4 is 4.74 Å². The van der Waals surface area contributed by atoms with Crippen LogP contribution in [0.3, 0.4) is 0 Å². The van der Waals surface area contributed by atoms with Gasteiger partial charge in [-0.3, -0.25) is 4.79 Å². The highest BCUT2D eigenvalue weighted by molar-refractivity contribution is 5.73. The maximum absolute atomic E-state index is 11.9. The van der Waals surface area contributed by atoms with Crippen molar-refractivity contribution in [1.29, 1.82) is 0 Å². The first kappa shape index (κ1) is 28.5. The van der Waals surface area contributed by atoms with E-state index >= 15 is 0 Å². The third-order valence-electron chi connectivity index (χ3n) is 8.10. The lowest BCUT2D eigenvalue weighted by molar-refractivity contribution is -0.134. The first-order chi connectivity index (χ1) is 17.7. The third kappa shape index (κ3) is 10.1. The number of rotatable bonds is 16. The number of hydrogen-bond donors (Lipinski definition) is 0. The number of esters is 1.